The Bertz CT molecular complexity index is 947. The van der Waals surface area contributed by atoms with Crippen molar-refractivity contribution in [2.45, 2.75) is 19.9 Å². The number of benzene rings is 3. The zero-order valence-electron chi connectivity index (χ0n) is 14.2. The highest BCUT2D eigenvalue weighted by molar-refractivity contribution is 6.09. The van der Waals surface area contributed by atoms with Crippen LogP contribution in [0.3, 0.4) is 0 Å². The number of nitrogens with two attached hydrogens (primary N) is 2. The predicted octanol–water partition coefficient (Wildman–Crippen LogP) is 3.86. The average Bonchev–Trinajstić information content (AvgIpc) is 2.53. The summed E-state index contributed by atoms with van der Waals surface area (Å²) in [5, 5.41) is 7.82. The number of guanidine groups is 2. The van der Waals surface area contributed by atoms with Crippen LogP contribution in [0.15, 0.2) is 64.6 Å². The summed E-state index contributed by atoms with van der Waals surface area (Å²) in [4.78, 5) is 8.20. The summed E-state index contributed by atoms with van der Waals surface area (Å²) in [5.41, 5.74) is 12.5. The zero-order valence-corrected chi connectivity index (χ0v) is 15.0. The molecule has 0 aromatic heterocycles. The number of anilines is 1. The fourth-order valence-electron chi connectivity index (χ4n) is 2.67. The first-order valence-electron chi connectivity index (χ1n) is 7.89. The lowest BCUT2D eigenvalue weighted by Gasteiger charge is -2.09. The van der Waals surface area contributed by atoms with Crippen LogP contribution in [0.4, 0.5) is 5.69 Å². The van der Waals surface area contributed by atoms with E-state index in [1.165, 1.54) is 16.2 Å². The van der Waals surface area contributed by atoms with E-state index >= 15 is 0 Å². The molecule has 130 valence electrons. The number of nitrogens with zero attached hydrogens (tertiary/aromatic N) is 2. The maximum atomic E-state index is 5.92. The molecular formula is C19H22ClN5. The van der Waals surface area contributed by atoms with Crippen LogP contribution in [0.25, 0.3) is 21.5 Å². The Morgan fingerprint density at radius 1 is 0.920 bits per heavy atom. The van der Waals surface area contributed by atoms with E-state index in [1.54, 1.807) is 0 Å². The lowest BCUT2D eigenvalue weighted by atomic mass is 10.0. The molecule has 0 aliphatic carbocycles. The normalized spacial score (nSPS) is 12.4. The predicted molar refractivity (Wildman–Crippen MR) is 111 cm³/mol. The zero-order chi connectivity index (χ0) is 17.1. The molecule has 5 N–H and O–H groups in total. The maximum absolute atomic E-state index is 5.92. The van der Waals surface area contributed by atoms with Gasteiger partial charge in [-0.05, 0) is 47.5 Å². The lowest BCUT2D eigenvalue weighted by Crippen LogP contribution is -2.26. The van der Waals surface area contributed by atoms with Crippen LogP contribution in [0.1, 0.15) is 13.8 Å². The molecule has 0 amide bonds. The fraction of sp³-hybridized carbons (Fsp3) is 0.158. The van der Waals surface area contributed by atoms with Crippen LogP contribution in [-0.4, -0.2) is 18.0 Å². The van der Waals surface area contributed by atoms with Gasteiger partial charge in [0.1, 0.15) is 0 Å². The molecule has 3 aromatic carbocycles. The number of rotatable bonds is 2. The fourth-order valence-corrected chi connectivity index (χ4v) is 2.67. The third-order valence-corrected chi connectivity index (χ3v) is 3.64. The molecule has 3 aromatic rings. The Morgan fingerprint density at radius 2 is 1.56 bits per heavy atom. The van der Waals surface area contributed by atoms with Crippen molar-refractivity contribution in [2.75, 3.05) is 5.32 Å². The summed E-state index contributed by atoms with van der Waals surface area (Å²) in [5.74, 6) is 0.387. The van der Waals surface area contributed by atoms with Crippen molar-refractivity contribution in [3.8, 4) is 0 Å². The number of nitrogens with one attached hydrogen (secondary N) is 1. The van der Waals surface area contributed by atoms with Crippen molar-refractivity contribution in [3.63, 3.8) is 0 Å². The Kier molecular flexibility index (Phi) is 5.83. The molecule has 6 heteroatoms. The van der Waals surface area contributed by atoms with Crippen molar-refractivity contribution in [1.29, 1.82) is 0 Å². The van der Waals surface area contributed by atoms with Crippen molar-refractivity contribution in [2.24, 2.45) is 21.5 Å². The van der Waals surface area contributed by atoms with Crippen molar-refractivity contribution in [1.82, 2.24) is 0 Å². The van der Waals surface area contributed by atoms with Crippen LogP contribution in [-0.2, 0) is 0 Å². The van der Waals surface area contributed by atoms with E-state index in [4.69, 9.17) is 11.5 Å². The Balaban J connectivity index is 0.00000225. The molecule has 0 atom stereocenters. The van der Waals surface area contributed by atoms with Gasteiger partial charge in [0, 0.05) is 11.7 Å². The van der Waals surface area contributed by atoms with Crippen molar-refractivity contribution >= 4 is 51.6 Å². The van der Waals surface area contributed by atoms with Gasteiger partial charge in [0.25, 0.3) is 0 Å². The van der Waals surface area contributed by atoms with Crippen molar-refractivity contribution in [3.05, 3.63) is 54.6 Å². The number of hydrogen-bond donors (Lipinski definition) is 3. The third kappa shape index (κ3) is 4.39. The number of aliphatic imine (C=N–C) groups is 2. The molecule has 0 aliphatic heterocycles. The van der Waals surface area contributed by atoms with Gasteiger partial charge in [0.2, 0.25) is 11.9 Å². The van der Waals surface area contributed by atoms with Gasteiger partial charge in [0.15, 0.2) is 0 Å². The van der Waals surface area contributed by atoms with Crippen LogP contribution < -0.4 is 16.8 Å². The number of hydrogen-bond acceptors (Lipinski definition) is 1. The summed E-state index contributed by atoms with van der Waals surface area (Å²) < 4.78 is 0. The van der Waals surface area contributed by atoms with E-state index < -0.39 is 0 Å². The van der Waals surface area contributed by atoms with E-state index in [9.17, 15) is 0 Å². The highest BCUT2D eigenvalue weighted by atomic mass is 35.5. The summed E-state index contributed by atoms with van der Waals surface area (Å²) >= 11 is 0. The lowest BCUT2D eigenvalue weighted by molar-refractivity contribution is 0.831. The van der Waals surface area contributed by atoms with Crippen LogP contribution in [0, 0.1) is 0 Å². The largest absolute Gasteiger partial charge is 0.369 e. The number of halogens is 1. The van der Waals surface area contributed by atoms with Gasteiger partial charge in [0.05, 0.1) is 0 Å². The molecule has 3 rings (SSSR count). The quantitative estimate of drug-likeness (QED) is 0.370. The molecule has 0 fully saturated rings. The first kappa shape index (κ1) is 18.5. The van der Waals surface area contributed by atoms with Gasteiger partial charge in [-0.15, -0.1) is 12.4 Å². The minimum absolute atomic E-state index is 0. The molecule has 0 heterocycles. The first-order chi connectivity index (χ1) is 11.5. The second kappa shape index (κ2) is 7.85. The van der Waals surface area contributed by atoms with E-state index in [1.807, 2.05) is 32.0 Å². The van der Waals surface area contributed by atoms with Crippen molar-refractivity contribution < 1.29 is 0 Å². The standard InChI is InChI=1S/C19H21N5.ClH/c1-12(2)22-18(20)24-19(21)23-15-10-9-14-8-7-13-5-3-4-6-16(13)17(14)11-15;/h3-12H,1-2H3,(H5,20,21,22,23,24);1H. The molecule has 25 heavy (non-hydrogen) atoms. The molecule has 0 aliphatic rings. The third-order valence-electron chi connectivity index (χ3n) is 3.64. The Labute approximate surface area is 153 Å². The van der Waals surface area contributed by atoms with E-state index in [-0.39, 0.29) is 30.4 Å². The SMILES string of the molecule is CC(C)N=C(N)/N=C(\N)Nc1ccc2ccc3ccccc3c2c1.Cl. The maximum Gasteiger partial charge on any atom is 0.218 e. The minimum Gasteiger partial charge on any atom is -0.369 e. The molecule has 0 bridgehead atoms. The smallest absolute Gasteiger partial charge is 0.218 e. The summed E-state index contributed by atoms with van der Waals surface area (Å²) in [6, 6.07) is 18.7. The molecule has 0 saturated carbocycles. The molecule has 0 saturated heterocycles. The van der Waals surface area contributed by atoms with E-state index in [0.717, 1.165) is 11.1 Å². The molecule has 0 unspecified atom stereocenters. The summed E-state index contributed by atoms with van der Waals surface area (Å²) in [6.45, 7) is 3.86. The minimum atomic E-state index is 0. The molecule has 5 nitrogen and oxygen atoms in total. The monoisotopic (exact) mass is 355 g/mol. The van der Waals surface area contributed by atoms with Crippen LogP contribution >= 0.6 is 12.4 Å². The number of fused-ring (bicyclic) bond motifs is 3. The highest BCUT2D eigenvalue weighted by Crippen LogP contribution is 2.27. The highest BCUT2D eigenvalue weighted by Gasteiger charge is 2.03. The summed E-state index contributed by atoms with van der Waals surface area (Å²) in [6.07, 6.45) is 0. The van der Waals surface area contributed by atoms with Gasteiger partial charge in [-0.1, -0.05) is 42.5 Å². The van der Waals surface area contributed by atoms with E-state index in [0.29, 0.717) is 0 Å². The molecule has 0 spiro atoms. The second-order valence-electron chi connectivity index (χ2n) is 5.93. The topological polar surface area (TPSA) is 88.8 Å². The average molecular weight is 356 g/mol. The molecular weight excluding hydrogens is 334 g/mol. The Hall–Kier alpha value is -2.79. The van der Waals surface area contributed by atoms with Crippen LogP contribution in [0.5, 0.6) is 0 Å². The Morgan fingerprint density at radius 3 is 2.28 bits per heavy atom. The second-order valence-corrected chi connectivity index (χ2v) is 5.93. The van der Waals surface area contributed by atoms with E-state index in [2.05, 4.69) is 51.7 Å². The molecule has 0 radical (unpaired) electrons. The van der Waals surface area contributed by atoms with Crippen LogP contribution in [0.2, 0.25) is 0 Å². The first-order valence-corrected chi connectivity index (χ1v) is 7.89. The summed E-state index contributed by atoms with van der Waals surface area (Å²) in [7, 11) is 0. The van der Waals surface area contributed by atoms with Gasteiger partial charge < -0.3 is 16.8 Å². The van der Waals surface area contributed by atoms with Gasteiger partial charge in [-0.2, -0.15) is 4.99 Å². The van der Waals surface area contributed by atoms with Gasteiger partial charge in [-0.3, -0.25) is 0 Å². The van der Waals surface area contributed by atoms with Gasteiger partial charge in [-0.25, -0.2) is 4.99 Å². The van der Waals surface area contributed by atoms with Gasteiger partial charge >= 0.3 is 0 Å².